The van der Waals surface area contributed by atoms with E-state index >= 15 is 0 Å². The second-order valence-corrected chi connectivity index (χ2v) is 4.96. The molecular weight excluding hydrogens is 196 g/mol. The third kappa shape index (κ3) is 1.94. The molecule has 0 radical (unpaired) electrons. The maximum Gasteiger partial charge on any atom is 0.0405 e. The summed E-state index contributed by atoms with van der Waals surface area (Å²) in [4.78, 5) is 2.47. The first-order chi connectivity index (χ1) is 7.63. The summed E-state index contributed by atoms with van der Waals surface area (Å²) in [7, 11) is 0. The van der Waals surface area contributed by atoms with E-state index in [0.29, 0.717) is 5.92 Å². The molecule has 1 aromatic rings. The molecule has 2 unspecified atom stereocenters. The number of rotatable bonds is 3. The smallest absolute Gasteiger partial charge is 0.0405 e. The van der Waals surface area contributed by atoms with Crippen LogP contribution in [0.4, 0.5) is 5.69 Å². The molecule has 0 amide bonds. The van der Waals surface area contributed by atoms with Crippen molar-refractivity contribution >= 4 is 5.69 Å². The summed E-state index contributed by atoms with van der Waals surface area (Å²) in [5, 5.41) is 0. The quantitative estimate of drug-likeness (QED) is 0.845. The lowest BCUT2D eigenvalue weighted by Gasteiger charge is -2.17. The summed E-state index contributed by atoms with van der Waals surface area (Å²) in [6.45, 7) is 8.77. The van der Waals surface area contributed by atoms with Crippen molar-refractivity contribution < 1.29 is 0 Å². The largest absolute Gasteiger partial charge is 0.371 e. The highest BCUT2D eigenvalue weighted by atomic mass is 15.1. The van der Waals surface area contributed by atoms with Gasteiger partial charge in [0.05, 0.1) is 0 Å². The van der Waals surface area contributed by atoms with Crippen molar-refractivity contribution in [1.29, 1.82) is 0 Å². The molecule has 1 aromatic carbocycles. The third-order valence-electron chi connectivity index (χ3n) is 3.53. The average Bonchev–Trinajstić information content (AvgIpc) is 2.57. The van der Waals surface area contributed by atoms with E-state index in [1.165, 1.54) is 16.8 Å². The Morgan fingerprint density at radius 2 is 2.25 bits per heavy atom. The van der Waals surface area contributed by atoms with Gasteiger partial charge in [-0.2, -0.15) is 0 Å². The van der Waals surface area contributed by atoms with Crippen LogP contribution in [0.2, 0.25) is 0 Å². The number of aryl methyl sites for hydroxylation is 1. The Balaban J connectivity index is 2.35. The Hall–Kier alpha value is -1.02. The van der Waals surface area contributed by atoms with Crippen molar-refractivity contribution in [3.8, 4) is 0 Å². The van der Waals surface area contributed by atoms with E-state index in [1.54, 1.807) is 0 Å². The lowest BCUT2D eigenvalue weighted by Crippen LogP contribution is -2.24. The first-order valence-electron chi connectivity index (χ1n) is 6.23. The lowest BCUT2D eigenvalue weighted by atomic mass is 9.91. The van der Waals surface area contributed by atoms with Crippen LogP contribution in [0.5, 0.6) is 0 Å². The highest BCUT2D eigenvalue weighted by Crippen LogP contribution is 2.40. The van der Waals surface area contributed by atoms with Crippen LogP contribution in [0.1, 0.15) is 37.3 Å². The van der Waals surface area contributed by atoms with Gasteiger partial charge in [0.1, 0.15) is 0 Å². The van der Waals surface area contributed by atoms with E-state index in [0.717, 1.165) is 19.5 Å². The molecule has 1 aliphatic rings. The molecular formula is C14H22N2. The monoisotopic (exact) mass is 218 g/mol. The SMILES string of the molecule is CCN1CC(CC(C)N)c2c(C)cccc21. The number of fused-ring (bicyclic) bond motifs is 1. The van der Waals surface area contributed by atoms with Gasteiger partial charge in [-0.25, -0.2) is 0 Å². The van der Waals surface area contributed by atoms with Crippen LogP contribution < -0.4 is 10.6 Å². The van der Waals surface area contributed by atoms with Crippen LogP contribution in [0.3, 0.4) is 0 Å². The number of nitrogens with two attached hydrogens (primary N) is 1. The molecule has 16 heavy (non-hydrogen) atoms. The van der Waals surface area contributed by atoms with E-state index in [1.807, 2.05) is 0 Å². The minimum Gasteiger partial charge on any atom is -0.371 e. The minimum atomic E-state index is 0.286. The molecule has 0 fully saturated rings. The number of benzene rings is 1. The maximum absolute atomic E-state index is 5.95. The second kappa shape index (κ2) is 4.46. The molecule has 1 heterocycles. The first-order valence-corrected chi connectivity index (χ1v) is 6.23. The molecule has 1 aliphatic heterocycles. The lowest BCUT2D eigenvalue weighted by molar-refractivity contribution is 0.566. The summed E-state index contributed by atoms with van der Waals surface area (Å²) in [5.41, 5.74) is 10.3. The molecule has 0 spiro atoms. The zero-order valence-corrected chi connectivity index (χ0v) is 10.5. The Labute approximate surface area is 98.4 Å². The summed E-state index contributed by atoms with van der Waals surface area (Å²) >= 11 is 0. The summed E-state index contributed by atoms with van der Waals surface area (Å²) < 4.78 is 0. The number of likely N-dealkylation sites (N-methyl/N-ethyl adjacent to an activating group) is 1. The fourth-order valence-corrected chi connectivity index (χ4v) is 2.87. The molecule has 2 atom stereocenters. The molecule has 88 valence electrons. The Morgan fingerprint density at radius 3 is 2.88 bits per heavy atom. The van der Waals surface area contributed by atoms with Gasteiger partial charge >= 0.3 is 0 Å². The molecule has 0 bridgehead atoms. The van der Waals surface area contributed by atoms with Crippen LogP contribution in [0.25, 0.3) is 0 Å². The van der Waals surface area contributed by atoms with Crippen molar-refractivity contribution in [2.75, 3.05) is 18.0 Å². The van der Waals surface area contributed by atoms with Crippen LogP contribution in [0, 0.1) is 6.92 Å². The van der Waals surface area contributed by atoms with E-state index in [9.17, 15) is 0 Å². The normalized spacial score (nSPS) is 21.0. The molecule has 0 aliphatic carbocycles. The van der Waals surface area contributed by atoms with Gasteiger partial charge in [-0.15, -0.1) is 0 Å². The number of hydrogen-bond acceptors (Lipinski definition) is 2. The van der Waals surface area contributed by atoms with Crippen molar-refractivity contribution in [2.24, 2.45) is 5.73 Å². The van der Waals surface area contributed by atoms with E-state index < -0.39 is 0 Å². The molecule has 0 saturated heterocycles. The number of hydrogen-bond donors (Lipinski definition) is 1. The summed E-state index contributed by atoms with van der Waals surface area (Å²) in [6, 6.07) is 6.90. The topological polar surface area (TPSA) is 29.3 Å². The van der Waals surface area contributed by atoms with Gasteiger partial charge in [0, 0.05) is 30.7 Å². The fourth-order valence-electron chi connectivity index (χ4n) is 2.87. The molecule has 2 heteroatoms. The predicted molar refractivity (Wildman–Crippen MR) is 70.1 cm³/mol. The van der Waals surface area contributed by atoms with E-state index in [-0.39, 0.29) is 6.04 Å². The van der Waals surface area contributed by atoms with Crippen LogP contribution in [-0.2, 0) is 0 Å². The van der Waals surface area contributed by atoms with Crippen molar-refractivity contribution in [2.45, 2.75) is 39.2 Å². The summed E-state index contributed by atoms with van der Waals surface area (Å²) in [5.74, 6) is 0.621. The molecule has 0 saturated carbocycles. The van der Waals surface area contributed by atoms with Crippen molar-refractivity contribution in [3.05, 3.63) is 29.3 Å². The second-order valence-electron chi connectivity index (χ2n) is 4.96. The zero-order chi connectivity index (χ0) is 11.7. The fraction of sp³-hybridized carbons (Fsp3) is 0.571. The van der Waals surface area contributed by atoms with Gasteiger partial charge in [-0.1, -0.05) is 12.1 Å². The van der Waals surface area contributed by atoms with E-state index in [4.69, 9.17) is 5.73 Å². The highest BCUT2D eigenvalue weighted by Gasteiger charge is 2.29. The third-order valence-corrected chi connectivity index (χ3v) is 3.53. The molecule has 2 nitrogen and oxygen atoms in total. The van der Waals surface area contributed by atoms with Gasteiger partial charge in [0.2, 0.25) is 0 Å². The Morgan fingerprint density at radius 1 is 1.50 bits per heavy atom. The first kappa shape index (κ1) is 11.5. The predicted octanol–water partition coefficient (Wildman–Crippen LogP) is 2.66. The van der Waals surface area contributed by atoms with Crippen molar-refractivity contribution in [3.63, 3.8) is 0 Å². The molecule has 2 N–H and O–H groups in total. The Kier molecular flexibility index (Phi) is 3.20. The maximum atomic E-state index is 5.95. The Bertz CT molecular complexity index is 371. The van der Waals surface area contributed by atoms with Crippen LogP contribution in [-0.4, -0.2) is 19.1 Å². The zero-order valence-electron chi connectivity index (χ0n) is 10.5. The van der Waals surface area contributed by atoms with Crippen molar-refractivity contribution in [1.82, 2.24) is 0 Å². The minimum absolute atomic E-state index is 0.286. The molecule has 2 rings (SSSR count). The number of anilines is 1. The van der Waals surface area contributed by atoms with Gasteiger partial charge in [0.15, 0.2) is 0 Å². The van der Waals surface area contributed by atoms with Gasteiger partial charge in [-0.3, -0.25) is 0 Å². The molecule has 0 aromatic heterocycles. The summed E-state index contributed by atoms with van der Waals surface area (Å²) in [6.07, 6.45) is 1.09. The van der Waals surface area contributed by atoms with E-state index in [2.05, 4.69) is 43.9 Å². The standard InChI is InChI=1S/C14H22N2/c1-4-16-9-12(8-11(3)15)14-10(2)6-5-7-13(14)16/h5-7,11-12H,4,8-9,15H2,1-3H3. The van der Waals surface area contributed by atoms with Gasteiger partial charge in [0.25, 0.3) is 0 Å². The average molecular weight is 218 g/mol. The van der Waals surface area contributed by atoms with Crippen LogP contribution in [0.15, 0.2) is 18.2 Å². The van der Waals surface area contributed by atoms with Crippen LogP contribution >= 0.6 is 0 Å². The highest BCUT2D eigenvalue weighted by molar-refractivity contribution is 5.62. The van der Waals surface area contributed by atoms with Gasteiger partial charge in [-0.05, 0) is 44.4 Å². The number of nitrogens with zero attached hydrogens (tertiary/aromatic N) is 1. The van der Waals surface area contributed by atoms with Gasteiger partial charge < -0.3 is 10.6 Å².